The molecule has 1 aromatic rings. The Labute approximate surface area is 146 Å². The van der Waals surface area contributed by atoms with Crippen molar-refractivity contribution >= 4 is 17.5 Å². The lowest BCUT2D eigenvalue weighted by Crippen LogP contribution is -2.47. The van der Waals surface area contributed by atoms with Crippen LogP contribution in [0.15, 0.2) is 27.9 Å². The lowest BCUT2D eigenvalue weighted by molar-refractivity contribution is -0.140. The molecule has 1 fully saturated rings. The Kier molecular flexibility index (Phi) is 4.22. The SMILES string of the molecule is CCCC(=O)N1C(O)=C(N=Nc2cc(C3CC3)n(C)n2)C(=O)C1(C)C. The molecule has 0 bridgehead atoms. The molecule has 2 heterocycles. The van der Waals surface area contributed by atoms with E-state index in [1.807, 2.05) is 20.0 Å². The first kappa shape index (κ1) is 17.3. The minimum atomic E-state index is -1.17. The van der Waals surface area contributed by atoms with Crippen LogP contribution in [0.2, 0.25) is 0 Å². The van der Waals surface area contributed by atoms with Crippen molar-refractivity contribution in [1.82, 2.24) is 14.7 Å². The number of ketones is 1. The summed E-state index contributed by atoms with van der Waals surface area (Å²) < 4.78 is 1.76. The van der Waals surface area contributed by atoms with Crippen LogP contribution in [-0.4, -0.2) is 37.0 Å². The number of carbonyl (C=O) groups excluding carboxylic acids is 2. The molecule has 8 nitrogen and oxygen atoms in total. The van der Waals surface area contributed by atoms with Crippen LogP contribution in [-0.2, 0) is 16.6 Å². The van der Waals surface area contributed by atoms with Crippen LogP contribution in [0.1, 0.15) is 58.1 Å². The van der Waals surface area contributed by atoms with Gasteiger partial charge in [-0.15, -0.1) is 10.2 Å². The third kappa shape index (κ3) is 2.96. The van der Waals surface area contributed by atoms with Crippen molar-refractivity contribution in [3.8, 4) is 0 Å². The van der Waals surface area contributed by atoms with Gasteiger partial charge in [-0.25, -0.2) is 0 Å². The Morgan fingerprint density at radius 1 is 1.40 bits per heavy atom. The predicted molar refractivity (Wildman–Crippen MR) is 90.2 cm³/mol. The number of aryl methyl sites for hydroxylation is 1. The number of aliphatic hydroxyl groups excluding tert-OH is 1. The van der Waals surface area contributed by atoms with Crippen LogP contribution >= 0.6 is 0 Å². The van der Waals surface area contributed by atoms with Crippen molar-refractivity contribution in [2.75, 3.05) is 0 Å². The minimum absolute atomic E-state index is 0.201. The lowest BCUT2D eigenvalue weighted by Gasteiger charge is -2.29. The number of Topliss-reactive ketones (excluding diaryl/α,β-unsaturated/α-hetero) is 1. The quantitative estimate of drug-likeness (QED) is 0.829. The monoisotopic (exact) mass is 345 g/mol. The van der Waals surface area contributed by atoms with Crippen LogP contribution in [0.25, 0.3) is 0 Å². The molecule has 0 unspecified atom stereocenters. The van der Waals surface area contributed by atoms with E-state index in [9.17, 15) is 14.7 Å². The number of hydrogen-bond donors (Lipinski definition) is 1. The number of carbonyl (C=O) groups is 2. The van der Waals surface area contributed by atoms with Crippen molar-refractivity contribution in [3.63, 3.8) is 0 Å². The summed E-state index contributed by atoms with van der Waals surface area (Å²) in [7, 11) is 1.85. The average Bonchev–Trinajstić information content (AvgIpc) is 3.27. The van der Waals surface area contributed by atoms with E-state index >= 15 is 0 Å². The van der Waals surface area contributed by atoms with E-state index in [1.165, 1.54) is 0 Å². The summed E-state index contributed by atoms with van der Waals surface area (Å²) in [5, 5.41) is 22.6. The first-order chi connectivity index (χ1) is 11.8. The average molecular weight is 345 g/mol. The molecule has 3 rings (SSSR count). The number of amides is 1. The van der Waals surface area contributed by atoms with Crippen molar-refractivity contribution in [2.24, 2.45) is 17.3 Å². The van der Waals surface area contributed by atoms with Gasteiger partial charge >= 0.3 is 0 Å². The number of hydrogen-bond acceptors (Lipinski definition) is 6. The topological polar surface area (TPSA) is 100 Å². The number of aliphatic hydroxyl groups is 1. The van der Waals surface area contributed by atoms with Gasteiger partial charge in [0.05, 0.1) is 0 Å². The van der Waals surface area contributed by atoms with Crippen LogP contribution in [0, 0.1) is 0 Å². The first-order valence-corrected chi connectivity index (χ1v) is 8.54. The minimum Gasteiger partial charge on any atom is -0.493 e. The van der Waals surface area contributed by atoms with Crippen LogP contribution in [0.5, 0.6) is 0 Å². The molecule has 25 heavy (non-hydrogen) atoms. The zero-order chi connectivity index (χ0) is 18.4. The highest BCUT2D eigenvalue weighted by Gasteiger charge is 2.49. The summed E-state index contributed by atoms with van der Waals surface area (Å²) >= 11 is 0. The fourth-order valence-corrected chi connectivity index (χ4v) is 3.09. The zero-order valence-corrected chi connectivity index (χ0v) is 15.0. The number of nitrogens with zero attached hydrogens (tertiary/aromatic N) is 5. The van der Waals surface area contributed by atoms with Gasteiger partial charge in [0.15, 0.2) is 11.5 Å². The van der Waals surface area contributed by atoms with Gasteiger partial charge in [0, 0.05) is 31.1 Å². The largest absolute Gasteiger partial charge is 0.493 e. The van der Waals surface area contributed by atoms with Gasteiger partial charge in [-0.3, -0.25) is 19.2 Å². The molecular weight excluding hydrogens is 322 g/mol. The first-order valence-electron chi connectivity index (χ1n) is 8.54. The molecule has 1 N–H and O–H groups in total. The van der Waals surface area contributed by atoms with E-state index in [-0.39, 0.29) is 18.0 Å². The van der Waals surface area contributed by atoms with E-state index in [2.05, 4.69) is 15.3 Å². The van der Waals surface area contributed by atoms with Gasteiger partial charge in [-0.05, 0) is 33.1 Å². The van der Waals surface area contributed by atoms with Gasteiger partial charge < -0.3 is 5.11 Å². The molecule has 0 atom stereocenters. The van der Waals surface area contributed by atoms with E-state index in [1.54, 1.807) is 18.5 Å². The maximum atomic E-state index is 12.6. The highest BCUT2D eigenvalue weighted by Crippen LogP contribution is 2.41. The normalized spacial score (nSPS) is 20.2. The fraction of sp³-hybridized carbons (Fsp3) is 0.588. The summed E-state index contributed by atoms with van der Waals surface area (Å²) in [6.07, 6.45) is 3.16. The van der Waals surface area contributed by atoms with Crippen molar-refractivity contribution in [3.05, 3.63) is 23.3 Å². The molecule has 8 heteroatoms. The molecule has 1 saturated carbocycles. The summed E-state index contributed by atoms with van der Waals surface area (Å²) in [5.74, 6) is -0.276. The fourth-order valence-electron chi connectivity index (χ4n) is 3.09. The third-order valence-electron chi connectivity index (χ3n) is 4.62. The maximum absolute atomic E-state index is 12.6. The number of aromatic nitrogens is 2. The molecule has 0 aromatic carbocycles. The number of rotatable bonds is 5. The summed E-state index contributed by atoms with van der Waals surface area (Å²) in [5.41, 5.74) is -0.286. The second-order valence-corrected chi connectivity index (χ2v) is 7.06. The Balaban J connectivity index is 1.88. The van der Waals surface area contributed by atoms with Crippen LogP contribution < -0.4 is 0 Å². The van der Waals surface area contributed by atoms with Crippen molar-refractivity contribution in [1.29, 1.82) is 0 Å². The molecule has 1 amide bonds. The van der Waals surface area contributed by atoms with Crippen LogP contribution in [0.3, 0.4) is 0 Å². The lowest BCUT2D eigenvalue weighted by atomic mass is 9.99. The van der Waals surface area contributed by atoms with Crippen molar-refractivity contribution in [2.45, 2.75) is 57.9 Å². The molecule has 1 aromatic heterocycles. The third-order valence-corrected chi connectivity index (χ3v) is 4.62. The number of azo groups is 1. The predicted octanol–water partition coefficient (Wildman–Crippen LogP) is 3.10. The molecule has 134 valence electrons. The van der Waals surface area contributed by atoms with Gasteiger partial charge in [-0.1, -0.05) is 6.92 Å². The Morgan fingerprint density at radius 3 is 2.68 bits per heavy atom. The highest BCUT2D eigenvalue weighted by atomic mass is 16.3. The molecule has 0 saturated heterocycles. The molecule has 0 spiro atoms. The van der Waals surface area contributed by atoms with E-state index in [0.29, 0.717) is 18.2 Å². The van der Waals surface area contributed by atoms with Crippen molar-refractivity contribution < 1.29 is 14.7 Å². The highest BCUT2D eigenvalue weighted by molar-refractivity contribution is 6.07. The Hall–Kier alpha value is -2.51. The van der Waals surface area contributed by atoms with E-state index in [4.69, 9.17) is 0 Å². The summed E-state index contributed by atoms with van der Waals surface area (Å²) in [6.45, 7) is 5.05. The van der Waals surface area contributed by atoms with Gasteiger partial charge in [0.25, 0.3) is 0 Å². The van der Waals surface area contributed by atoms with Gasteiger partial charge in [-0.2, -0.15) is 5.10 Å². The standard InChI is InChI=1S/C17H23N5O3/c1-5-6-13(23)22-16(25)14(15(24)17(22,2)3)19-18-12-9-11(10-7-8-10)21(4)20-12/h9-10,25H,5-8H2,1-4H3. The van der Waals surface area contributed by atoms with Gasteiger partial charge in [0.2, 0.25) is 17.6 Å². The van der Waals surface area contributed by atoms with E-state index < -0.39 is 17.2 Å². The second kappa shape index (κ2) is 6.09. The molecule has 0 radical (unpaired) electrons. The summed E-state index contributed by atoms with van der Waals surface area (Å²) in [6, 6.07) is 1.84. The maximum Gasteiger partial charge on any atom is 0.230 e. The Bertz CT molecular complexity index is 786. The second-order valence-electron chi connectivity index (χ2n) is 7.06. The zero-order valence-electron chi connectivity index (χ0n) is 15.0. The van der Waals surface area contributed by atoms with E-state index in [0.717, 1.165) is 23.4 Å². The van der Waals surface area contributed by atoms with Gasteiger partial charge in [0.1, 0.15) is 5.54 Å². The molecule has 2 aliphatic rings. The Morgan fingerprint density at radius 2 is 2.08 bits per heavy atom. The van der Waals surface area contributed by atoms with Crippen LogP contribution in [0.4, 0.5) is 5.82 Å². The summed E-state index contributed by atoms with van der Waals surface area (Å²) in [4.78, 5) is 25.9. The smallest absolute Gasteiger partial charge is 0.230 e. The molecular formula is C17H23N5O3. The molecule has 1 aliphatic carbocycles. The molecule has 1 aliphatic heterocycles.